The van der Waals surface area contributed by atoms with Crippen molar-refractivity contribution in [3.63, 3.8) is 0 Å². The van der Waals surface area contributed by atoms with E-state index in [2.05, 4.69) is 87.5 Å². The lowest BCUT2D eigenvalue weighted by atomic mass is 10.0. The van der Waals surface area contributed by atoms with Gasteiger partial charge in [0.1, 0.15) is 5.69 Å². The second kappa shape index (κ2) is 8.61. The minimum absolute atomic E-state index is 0.870. The fourth-order valence-electron chi connectivity index (χ4n) is 5.17. The van der Waals surface area contributed by atoms with Crippen LogP contribution in [0.5, 0.6) is 0 Å². The summed E-state index contributed by atoms with van der Waals surface area (Å²) < 4.78 is 0. The Hall–Kier alpha value is -3.64. The summed E-state index contributed by atoms with van der Waals surface area (Å²) in [6.45, 7) is 3.14. The van der Waals surface area contributed by atoms with Gasteiger partial charge in [0.25, 0.3) is 0 Å². The first kappa shape index (κ1) is 20.9. The Bertz CT molecular complexity index is 1450. The first-order valence-electron chi connectivity index (χ1n) is 12.1. The van der Waals surface area contributed by atoms with Crippen molar-refractivity contribution in [3.8, 4) is 22.5 Å². The minimum Gasteiger partial charge on any atom is -0.371 e. The number of piperidine rings is 1. The molecule has 0 saturated carbocycles. The van der Waals surface area contributed by atoms with Crippen LogP contribution in [0.4, 0.5) is 5.69 Å². The summed E-state index contributed by atoms with van der Waals surface area (Å²) >= 11 is 0. The predicted octanol–water partition coefficient (Wildman–Crippen LogP) is 5.83. The summed E-state index contributed by atoms with van der Waals surface area (Å²) in [4.78, 5) is 12.8. The Kier molecular flexibility index (Phi) is 5.30. The van der Waals surface area contributed by atoms with Crippen LogP contribution >= 0.6 is 0 Å². The molecule has 1 aliphatic rings. The average molecular weight is 451 g/mol. The van der Waals surface area contributed by atoms with Crippen molar-refractivity contribution in [1.82, 2.24) is 25.1 Å². The van der Waals surface area contributed by atoms with Gasteiger partial charge in [0.2, 0.25) is 0 Å². The van der Waals surface area contributed by atoms with Gasteiger partial charge in [0.05, 0.1) is 11.2 Å². The van der Waals surface area contributed by atoms with Crippen LogP contribution in [0.25, 0.3) is 44.3 Å². The number of H-pyrrole nitrogens is 2. The third kappa shape index (κ3) is 3.84. The maximum atomic E-state index is 4.70. The molecular formula is C28H30N6. The maximum absolute atomic E-state index is 4.70. The first-order chi connectivity index (χ1) is 16.7. The molecule has 6 nitrogen and oxygen atoms in total. The van der Waals surface area contributed by atoms with Crippen LogP contribution in [0.2, 0.25) is 0 Å². The summed E-state index contributed by atoms with van der Waals surface area (Å²) in [7, 11) is 4.15. The van der Waals surface area contributed by atoms with Gasteiger partial charge in [-0.2, -0.15) is 5.10 Å². The molecule has 0 unspecified atom stereocenters. The zero-order valence-electron chi connectivity index (χ0n) is 19.8. The highest BCUT2D eigenvalue weighted by Crippen LogP contribution is 2.35. The van der Waals surface area contributed by atoms with E-state index >= 15 is 0 Å². The summed E-state index contributed by atoms with van der Waals surface area (Å²) in [6.07, 6.45) is 7.75. The molecule has 34 heavy (non-hydrogen) atoms. The fraction of sp³-hybridized carbons (Fsp3) is 0.286. The molecule has 6 heteroatoms. The van der Waals surface area contributed by atoms with Gasteiger partial charge in [-0.05, 0) is 80.9 Å². The lowest BCUT2D eigenvalue weighted by Gasteiger charge is -2.29. The number of rotatable bonds is 5. The number of hydrogen-bond donors (Lipinski definition) is 2. The molecule has 4 heterocycles. The van der Waals surface area contributed by atoms with Gasteiger partial charge in [-0.3, -0.25) is 10.1 Å². The van der Waals surface area contributed by atoms with Crippen molar-refractivity contribution in [1.29, 1.82) is 0 Å². The second-order valence-corrected chi connectivity index (χ2v) is 9.62. The van der Waals surface area contributed by atoms with Crippen molar-refractivity contribution in [2.24, 2.45) is 0 Å². The molecule has 1 aliphatic heterocycles. The lowest BCUT2D eigenvalue weighted by Crippen LogP contribution is -2.29. The standard InChI is InChI=1S/C28H30N6/c1-33(2)18-19-13-21(17-29-16-19)20-9-10-25-23(14-20)28(32-31-25)26-15-22-24(30-26)7-6-8-27(22)34-11-4-3-5-12-34/h6-10,13-17,30H,3-5,11-12,18H2,1-2H3,(H,31,32). The molecule has 0 aliphatic carbocycles. The Morgan fingerprint density at radius 2 is 1.76 bits per heavy atom. The molecule has 1 saturated heterocycles. The smallest absolute Gasteiger partial charge is 0.116 e. The number of anilines is 1. The third-order valence-electron chi connectivity index (χ3n) is 6.78. The van der Waals surface area contributed by atoms with Crippen LogP contribution in [0.1, 0.15) is 24.8 Å². The van der Waals surface area contributed by atoms with Crippen molar-refractivity contribution < 1.29 is 0 Å². The number of aromatic nitrogens is 4. The van der Waals surface area contributed by atoms with Crippen LogP contribution in [-0.4, -0.2) is 52.3 Å². The highest BCUT2D eigenvalue weighted by Gasteiger charge is 2.17. The SMILES string of the molecule is CN(C)Cc1cncc(-c2ccc3[nH]nc(-c4cc5c(N6CCCCC6)cccc5[nH]4)c3c2)c1. The minimum atomic E-state index is 0.870. The van der Waals surface area contributed by atoms with E-state index in [-0.39, 0.29) is 0 Å². The van der Waals surface area contributed by atoms with Gasteiger partial charge in [-0.25, -0.2) is 0 Å². The van der Waals surface area contributed by atoms with Crippen molar-refractivity contribution >= 4 is 27.5 Å². The molecule has 5 aromatic rings. The van der Waals surface area contributed by atoms with Crippen molar-refractivity contribution in [2.45, 2.75) is 25.8 Å². The highest BCUT2D eigenvalue weighted by molar-refractivity contribution is 6.00. The van der Waals surface area contributed by atoms with E-state index in [4.69, 9.17) is 5.10 Å². The number of nitrogens with zero attached hydrogens (tertiary/aromatic N) is 4. The Morgan fingerprint density at radius 3 is 2.62 bits per heavy atom. The third-order valence-corrected chi connectivity index (χ3v) is 6.78. The summed E-state index contributed by atoms with van der Waals surface area (Å²) in [6, 6.07) is 17.5. The molecule has 0 spiro atoms. The van der Waals surface area contributed by atoms with Gasteiger partial charge in [0.15, 0.2) is 0 Å². The van der Waals surface area contributed by atoms with E-state index in [1.54, 1.807) is 0 Å². The monoisotopic (exact) mass is 450 g/mol. The predicted molar refractivity (Wildman–Crippen MR) is 140 cm³/mol. The number of nitrogens with one attached hydrogen (secondary N) is 2. The zero-order valence-corrected chi connectivity index (χ0v) is 19.8. The van der Waals surface area contributed by atoms with E-state index in [9.17, 15) is 0 Å². The number of fused-ring (bicyclic) bond motifs is 2. The number of aromatic amines is 2. The lowest BCUT2D eigenvalue weighted by molar-refractivity contribution is 0.402. The molecule has 6 rings (SSSR count). The highest BCUT2D eigenvalue weighted by atomic mass is 15.1. The zero-order chi connectivity index (χ0) is 23.1. The van der Waals surface area contributed by atoms with Crippen molar-refractivity contribution in [3.05, 3.63) is 66.5 Å². The fourth-order valence-corrected chi connectivity index (χ4v) is 5.17. The van der Waals surface area contributed by atoms with Crippen LogP contribution in [0.3, 0.4) is 0 Å². The molecule has 2 N–H and O–H groups in total. The molecule has 2 aromatic carbocycles. The maximum Gasteiger partial charge on any atom is 0.116 e. The van der Waals surface area contributed by atoms with Crippen LogP contribution in [-0.2, 0) is 6.54 Å². The molecule has 1 fully saturated rings. The average Bonchev–Trinajstić information content (AvgIpc) is 3.48. The van der Waals surface area contributed by atoms with Gasteiger partial charge in [-0.15, -0.1) is 0 Å². The largest absolute Gasteiger partial charge is 0.371 e. The van der Waals surface area contributed by atoms with E-state index in [0.717, 1.165) is 58.6 Å². The summed E-state index contributed by atoms with van der Waals surface area (Å²) in [5.74, 6) is 0. The van der Waals surface area contributed by atoms with Crippen LogP contribution < -0.4 is 4.90 Å². The normalized spacial score (nSPS) is 14.5. The molecular weight excluding hydrogens is 420 g/mol. The molecule has 0 atom stereocenters. The summed E-state index contributed by atoms with van der Waals surface area (Å²) in [5.41, 5.74) is 8.99. The van der Waals surface area contributed by atoms with Crippen LogP contribution in [0.15, 0.2) is 60.9 Å². The van der Waals surface area contributed by atoms with E-state index in [1.807, 2.05) is 12.4 Å². The van der Waals surface area contributed by atoms with Crippen LogP contribution in [0, 0.1) is 0 Å². The molecule has 0 radical (unpaired) electrons. The Labute approximate surface area is 199 Å². The number of hydrogen-bond acceptors (Lipinski definition) is 4. The van der Waals surface area contributed by atoms with E-state index in [1.165, 1.54) is 35.9 Å². The topological polar surface area (TPSA) is 63.8 Å². The number of pyridine rings is 1. The molecule has 3 aromatic heterocycles. The molecule has 0 amide bonds. The van der Waals surface area contributed by atoms with Crippen molar-refractivity contribution in [2.75, 3.05) is 32.1 Å². The van der Waals surface area contributed by atoms with E-state index < -0.39 is 0 Å². The van der Waals surface area contributed by atoms with E-state index in [0.29, 0.717) is 0 Å². The number of benzene rings is 2. The van der Waals surface area contributed by atoms with Gasteiger partial charge in [-0.1, -0.05) is 12.1 Å². The second-order valence-electron chi connectivity index (χ2n) is 9.62. The first-order valence-corrected chi connectivity index (χ1v) is 12.1. The molecule has 172 valence electrons. The summed E-state index contributed by atoms with van der Waals surface area (Å²) in [5, 5.41) is 10.3. The van der Waals surface area contributed by atoms with Gasteiger partial charge >= 0.3 is 0 Å². The van der Waals surface area contributed by atoms with Gasteiger partial charge < -0.3 is 14.8 Å². The quantitative estimate of drug-likeness (QED) is 0.354. The Morgan fingerprint density at radius 1 is 0.882 bits per heavy atom. The molecule has 0 bridgehead atoms. The Balaban J connectivity index is 1.41. The van der Waals surface area contributed by atoms with Gasteiger partial charge in [0, 0.05) is 59.6 Å².